The summed E-state index contributed by atoms with van der Waals surface area (Å²) in [6.07, 6.45) is 0.738. The van der Waals surface area contributed by atoms with Gasteiger partial charge in [0.05, 0.1) is 5.92 Å². The fraction of sp³-hybridized carbons (Fsp3) is 0.179. The lowest BCUT2D eigenvalue weighted by Crippen LogP contribution is -2.20. The normalized spacial score (nSPS) is 11.5. The number of nitrogens with one attached hydrogen (secondary N) is 3. The SMILES string of the molecule is CCC(C(=O)Nc1ccc(Nc2cc(C)nc(Nc3ccc(C)cc3)n2)cc1)c1ccccc1. The van der Waals surface area contributed by atoms with Crippen LogP contribution in [-0.2, 0) is 4.79 Å². The molecule has 6 nitrogen and oxygen atoms in total. The molecule has 4 rings (SSSR count). The molecule has 4 aromatic rings. The summed E-state index contributed by atoms with van der Waals surface area (Å²) in [4.78, 5) is 21.9. The lowest BCUT2D eigenvalue weighted by molar-refractivity contribution is -0.117. The van der Waals surface area contributed by atoms with Crippen LogP contribution in [0.1, 0.15) is 36.1 Å². The molecule has 0 radical (unpaired) electrons. The number of aromatic nitrogens is 2. The number of carbonyl (C=O) groups excluding carboxylic acids is 1. The summed E-state index contributed by atoms with van der Waals surface area (Å²) in [5.74, 6) is 1.03. The Balaban J connectivity index is 1.42. The van der Waals surface area contributed by atoms with Crippen molar-refractivity contribution in [2.45, 2.75) is 33.1 Å². The molecular formula is C28H29N5O. The van der Waals surface area contributed by atoms with Crippen molar-refractivity contribution in [3.8, 4) is 0 Å². The molecule has 0 bridgehead atoms. The number of carbonyl (C=O) groups is 1. The highest BCUT2D eigenvalue weighted by atomic mass is 16.1. The molecule has 3 N–H and O–H groups in total. The number of anilines is 5. The van der Waals surface area contributed by atoms with Gasteiger partial charge in [-0.25, -0.2) is 4.98 Å². The summed E-state index contributed by atoms with van der Waals surface area (Å²) in [6, 6.07) is 27.5. The van der Waals surface area contributed by atoms with Gasteiger partial charge in [-0.05, 0) is 62.2 Å². The van der Waals surface area contributed by atoms with E-state index in [0.29, 0.717) is 11.8 Å². The van der Waals surface area contributed by atoms with E-state index in [1.807, 2.05) is 98.8 Å². The standard InChI is InChI=1S/C28H29N5O/c1-4-25(21-8-6-5-7-9-21)27(34)31-23-16-14-22(15-17-23)30-26-18-20(3)29-28(33-26)32-24-12-10-19(2)11-13-24/h5-18,25H,4H2,1-3H3,(H,31,34)(H2,29,30,32,33). The molecule has 1 amide bonds. The van der Waals surface area contributed by atoms with E-state index < -0.39 is 0 Å². The van der Waals surface area contributed by atoms with E-state index in [1.165, 1.54) is 5.56 Å². The maximum Gasteiger partial charge on any atom is 0.231 e. The van der Waals surface area contributed by atoms with Crippen LogP contribution in [0.15, 0.2) is 84.9 Å². The fourth-order valence-corrected chi connectivity index (χ4v) is 3.73. The number of hydrogen-bond donors (Lipinski definition) is 3. The molecule has 0 aliphatic carbocycles. The first-order valence-corrected chi connectivity index (χ1v) is 11.4. The number of aryl methyl sites for hydroxylation is 2. The van der Waals surface area contributed by atoms with Crippen molar-refractivity contribution in [2.75, 3.05) is 16.0 Å². The highest BCUT2D eigenvalue weighted by molar-refractivity contribution is 5.96. The molecule has 1 atom stereocenters. The first-order valence-electron chi connectivity index (χ1n) is 11.4. The van der Waals surface area contributed by atoms with Gasteiger partial charge in [0.1, 0.15) is 5.82 Å². The van der Waals surface area contributed by atoms with Gasteiger partial charge >= 0.3 is 0 Å². The zero-order valence-corrected chi connectivity index (χ0v) is 19.7. The third-order valence-corrected chi connectivity index (χ3v) is 5.51. The van der Waals surface area contributed by atoms with Gasteiger partial charge in [-0.2, -0.15) is 4.98 Å². The molecule has 0 aliphatic rings. The third kappa shape index (κ3) is 5.98. The Kier molecular flexibility index (Phi) is 7.18. The van der Waals surface area contributed by atoms with E-state index in [1.54, 1.807) is 0 Å². The van der Waals surface area contributed by atoms with Gasteiger partial charge in [-0.1, -0.05) is 55.0 Å². The van der Waals surface area contributed by atoms with Crippen molar-refractivity contribution in [1.29, 1.82) is 0 Å². The van der Waals surface area contributed by atoms with Crippen LogP contribution in [0.3, 0.4) is 0 Å². The van der Waals surface area contributed by atoms with E-state index >= 15 is 0 Å². The minimum atomic E-state index is -0.178. The third-order valence-electron chi connectivity index (χ3n) is 5.51. The quantitative estimate of drug-likeness (QED) is 0.277. The highest BCUT2D eigenvalue weighted by Gasteiger charge is 2.18. The molecule has 0 aliphatic heterocycles. The Morgan fingerprint density at radius 2 is 1.41 bits per heavy atom. The second kappa shape index (κ2) is 10.6. The van der Waals surface area contributed by atoms with Crippen LogP contribution >= 0.6 is 0 Å². The van der Waals surface area contributed by atoms with E-state index in [0.717, 1.165) is 34.7 Å². The Labute approximate surface area is 200 Å². The zero-order chi connectivity index (χ0) is 23.9. The van der Waals surface area contributed by atoms with Gasteiger partial charge in [0.2, 0.25) is 11.9 Å². The zero-order valence-electron chi connectivity index (χ0n) is 19.7. The Morgan fingerprint density at radius 1 is 0.794 bits per heavy atom. The first-order chi connectivity index (χ1) is 16.5. The average molecular weight is 452 g/mol. The molecule has 172 valence electrons. The average Bonchev–Trinajstić information content (AvgIpc) is 2.83. The van der Waals surface area contributed by atoms with Crippen LogP contribution in [0.2, 0.25) is 0 Å². The molecule has 1 heterocycles. The molecule has 34 heavy (non-hydrogen) atoms. The van der Waals surface area contributed by atoms with E-state index in [2.05, 4.69) is 32.8 Å². The smallest absolute Gasteiger partial charge is 0.231 e. The molecule has 6 heteroatoms. The van der Waals surface area contributed by atoms with Gasteiger partial charge in [-0.15, -0.1) is 0 Å². The number of rotatable bonds is 8. The topological polar surface area (TPSA) is 78.9 Å². The molecule has 0 saturated carbocycles. The molecule has 1 aromatic heterocycles. The second-order valence-corrected chi connectivity index (χ2v) is 8.27. The predicted molar refractivity (Wildman–Crippen MR) is 139 cm³/mol. The summed E-state index contributed by atoms with van der Waals surface area (Å²) in [5, 5.41) is 9.59. The fourth-order valence-electron chi connectivity index (χ4n) is 3.73. The van der Waals surface area contributed by atoms with Gasteiger partial charge in [0.15, 0.2) is 0 Å². The maximum atomic E-state index is 12.8. The predicted octanol–water partition coefficient (Wildman–Crippen LogP) is 6.71. The minimum absolute atomic E-state index is 0.00680. The largest absolute Gasteiger partial charge is 0.340 e. The van der Waals surface area contributed by atoms with Crippen LogP contribution in [0.5, 0.6) is 0 Å². The van der Waals surface area contributed by atoms with Crippen molar-refractivity contribution in [1.82, 2.24) is 9.97 Å². The van der Waals surface area contributed by atoms with Gasteiger partial charge in [-0.3, -0.25) is 4.79 Å². The van der Waals surface area contributed by atoms with Gasteiger partial charge in [0.25, 0.3) is 0 Å². The number of nitrogens with zero attached hydrogens (tertiary/aromatic N) is 2. The van der Waals surface area contributed by atoms with E-state index in [4.69, 9.17) is 0 Å². The van der Waals surface area contributed by atoms with Crippen molar-refractivity contribution >= 4 is 34.7 Å². The van der Waals surface area contributed by atoms with Crippen molar-refractivity contribution < 1.29 is 4.79 Å². The summed E-state index contributed by atoms with van der Waals surface area (Å²) >= 11 is 0. The molecule has 1 unspecified atom stereocenters. The Morgan fingerprint density at radius 3 is 2.09 bits per heavy atom. The monoisotopic (exact) mass is 451 g/mol. The summed E-state index contributed by atoms with van der Waals surface area (Å²) in [7, 11) is 0. The van der Waals surface area contributed by atoms with Gasteiger partial charge < -0.3 is 16.0 Å². The second-order valence-electron chi connectivity index (χ2n) is 8.27. The van der Waals surface area contributed by atoms with Crippen LogP contribution in [-0.4, -0.2) is 15.9 Å². The van der Waals surface area contributed by atoms with Crippen LogP contribution in [0.25, 0.3) is 0 Å². The van der Waals surface area contributed by atoms with Crippen molar-refractivity contribution in [3.63, 3.8) is 0 Å². The lowest BCUT2D eigenvalue weighted by Gasteiger charge is -2.16. The molecular weight excluding hydrogens is 422 g/mol. The first kappa shape index (κ1) is 23.0. The lowest BCUT2D eigenvalue weighted by atomic mass is 9.95. The molecule has 3 aromatic carbocycles. The molecule has 0 fully saturated rings. The van der Waals surface area contributed by atoms with Crippen LogP contribution in [0.4, 0.5) is 28.8 Å². The van der Waals surface area contributed by atoms with Crippen molar-refractivity contribution in [2.24, 2.45) is 0 Å². The number of benzene rings is 3. The Bertz CT molecular complexity index is 1240. The summed E-state index contributed by atoms with van der Waals surface area (Å²) in [6.45, 7) is 6.01. The van der Waals surface area contributed by atoms with E-state index in [-0.39, 0.29) is 11.8 Å². The molecule has 0 saturated heterocycles. The van der Waals surface area contributed by atoms with E-state index in [9.17, 15) is 4.79 Å². The van der Waals surface area contributed by atoms with Crippen LogP contribution < -0.4 is 16.0 Å². The summed E-state index contributed by atoms with van der Waals surface area (Å²) < 4.78 is 0. The maximum absolute atomic E-state index is 12.8. The number of amides is 1. The minimum Gasteiger partial charge on any atom is -0.340 e. The van der Waals surface area contributed by atoms with Crippen molar-refractivity contribution in [3.05, 3.63) is 102 Å². The highest BCUT2D eigenvalue weighted by Crippen LogP contribution is 2.24. The molecule has 0 spiro atoms. The number of hydrogen-bond acceptors (Lipinski definition) is 5. The van der Waals surface area contributed by atoms with Crippen LogP contribution in [0, 0.1) is 13.8 Å². The summed E-state index contributed by atoms with van der Waals surface area (Å²) in [5.41, 5.74) is 5.63. The van der Waals surface area contributed by atoms with Gasteiger partial charge in [0, 0.05) is 28.8 Å². The Hall–Kier alpha value is -4.19.